The third-order valence-electron chi connectivity index (χ3n) is 3.23. The first-order chi connectivity index (χ1) is 9.86. The monoisotopic (exact) mass is 264 g/mol. The standard InChI is InChI=1S/C17H16N2O/c18-11-15-10-13(8-9-19-15)12-20-17-7-3-5-14-4-1-2-6-16(14)17/h1-10H,11-12,18H2. The van der Waals surface area contributed by atoms with E-state index in [0.717, 1.165) is 22.4 Å². The number of benzene rings is 2. The number of nitrogens with zero attached hydrogens (tertiary/aromatic N) is 1. The fraction of sp³-hybridized carbons (Fsp3) is 0.118. The summed E-state index contributed by atoms with van der Waals surface area (Å²) in [6, 6.07) is 18.2. The van der Waals surface area contributed by atoms with E-state index in [2.05, 4.69) is 23.2 Å². The van der Waals surface area contributed by atoms with Crippen LogP contribution in [0.1, 0.15) is 11.3 Å². The number of hydrogen-bond donors (Lipinski definition) is 1. The molecule has 0 aliphatic carbocycles. The van der Waals surface area contributed by atoms with Gasteiger partial charge in [0.2, 0.25) is 0 Å². The van der Waals surface area contributed by atoms with E-state index in [1.807, 2.05) is 36.4 Å². The number of ether oxygens (including phenoxy) is 1. The van der Waals surface area contributed by atoms with E-state index in [1.54, 1.807) is 6.20 Å². The highest BCUT2D eigenvalue weighted by molar-refractivity contribution is 5.88. The molecule has 20 heavy (non-hydrogen) atoms. The van der Waals surface area contributed by atoms with Crippen molar-refractivity contribution in [2.75, 3.05) is 0 Å². The molecule has 1 heterocycles. The molecule has 3 aromatic rings. The zero-order chi connectivity index (χ0) is 13.8. The van der Waals surface area contributed by atoms with E-state index in [9.17, 15) is 0 Å². The van der Waals surface area contributed by atoms with Gasteiger partial charge in [0.25, 0.3) is 0 Å². The summed E-state index contributed by atoms with van der Waals surface area (Å²) in [7, 11) is 0. The Kier molecular flexibility index (Phi) is 3.61. The summed E-state index contributed by atoms with van der Waals surface area (Å²) in [5.41, 5.74) is 7.55. The van der Waals surface area contributed by atoms with Crippen LogP contribution in [0.4, 0.5) is 0 Å². The van der Waals surface area contributed by atoms with Crippen LogP contribution in [0.5, 0.6) is 5.75 Å². The Hall–Kier alpha value is -2.39. The maximum atomic E-state index is 5.94. The predicted octanol–water partition coefficient (Wildman–Crippen LogP) is 3.27. The van der Waals surface area contributed by atoms with Gasteiger partial charge in [0.05, 0.1) is 5.69 Å². The van der Waals surface area contributed by atoms with Gasteiger partial charge in [-0.2, -0.15) is 0 Å². The topological polar surface area (TPSA) is 48.1 Å². The minimum atomic E-state index is 0.447. The van der Waals surface area contributed by atoms with Gasteiger partial charge in [-0.1, -0.05) is 36.4 Å². The first kappa shape index (κ1) is 12.6. The van der Waals surface area contributed by atoms with Crippen LogP contribution in [-0.4, -0.2) is 4.98 Å². The first-order valence-electron chi connectivity index (χ1n) is 6.61. The van der Waals surface area contributed by atoms with E-state index in [-0.39, 0.29) is 0 Å². The second-order valence-electron chi connectivity index (χ2n) is 4.63. The van der Waals surface area contributed by atoms with Crippen LogP contribution in [-0.2, 0) is 13.2 Å². The third kappa shape index (κ3) is 2.63. The molecule has 100 valence electrons. The lowest BCUT2D eigenvalue weighted by Crippen LogP contribution is -2.02. The maximum absolute atomic E-state index is 5.94. The number of pyridine rings is 1. The third-order valence-corrected chi connectivity index (χ3v) is 3.23. The lowest BCUT2D eigenvalue weighted by molar-refractivity contribution is 0.310. The van der Waals surface area contributed by atoms with Crippen LogP contribution < -0.4 is 10.5 Å². The number of nitrogens with two attached hydrogens (primary N) is 1. The van der Waals surface area contributed by atoms with Crippen molar-refractivity contribution in [1.82, 2.24) is 4.98 Å². The molecule has 1 aromatic heterocycles. The zero-order valence-electron chi connectivity index (χ0n) is 11.1. The highest BCUT2D eigenvalue weighted by Crippen LogP contribution is 2.25. The molecular formula is C17H16N2O. The van der Waals surface area contributed by atoms with Crippen molar-refractivity contribution in [1.29, 1.82) is 0 Å². The molecule has 0 spiro atoms. The van der Waals surface area contributed by atoms with E-state index in [1.165, 1.54) is 5.39 Å². The van der Waals surface area contributed by atoms with Gasteiger partial charge in [-0.3, -0.25) is 4.98 Å². The van der Waals surface area contributed by atoms with Crippen molar-refractivity contribution in [3.63, 3.8) is 0 Å². The van der Waals surface area contributed by atoms with Gasteiger partial charge in [-0.25, -0.2) is 0 Å². The Morgan fingerprint density at radius 2 is 1.85 bits per heavy atom. The Morgan fingerprint density at radius 3 is 2.75 bits per heavy atom. The van der Waals surface area contributed by atoms with E-state index in [0.29, 0.717) is 13.2 Å². The van der Waals surface area contributed by atoms with Crippen LogP contribution in [0.2, 0.25) is 0 Å². The molecule has 0 fully saturated rings. The molecule has 2 N–H and O–H groups in total. The predicted molar refractivity (Wildman–Crippen MR) is 80.4 cm³/mol. The van der Waals surface area contributed by atoms with Crippen molar-refractivity contribution >= 4 is 10.8 Å². The largest absolute Gasteiger partial charge is 0.488 e. The second kappa shape index (κ2) is 5.72. The van der Waals surface area contributed by atoms with Gasteiger partial charge in [-0.15, -0.1) is 0 Å². The van der Waals surface area contributed by atoms with Crippen molar-refractivity contribution in [3.8, 4) is 5.75 Å². The summed E-state index contributed by atoms with van der Waals surface area (Å²) in [6.45, 7) is 0.964. The number of fused-ring (bicyclic) bond motifs is 1. The fourth-order valence-electron chi connectivity index (χ4n) is 2.21. The first-order valence-corrected chi connectivity index (χ1v) is 6.61. The lowest BCUT2D eigenvalue weighted by atomic mass is 10.1. The smallest absolute Gasteiger partial charge is 0.127 e. The summed E-state index contributed by atoms with van der Waals surface area (Å²) in [4.78, 5) is 4.18. The summed E-state index contributed by atoms with van der Waals surface area (Å²) in [6.07, 6.45) is 1.77. The van der Waals surface area contributed by atoms with Crippen molar-refractivity contribution in [3.05, 3.63) is 72.1 Å². The Bertz CT molecular complexity index is 720. The summed E-state index contributed by atoms with van der Waals surface area (Å²) in [5, 5.41) is 2.31. The maximum Gasteiger partial charge on any atom is 0.127 e. The Labute approximate surface area is 118 Å². The van der Waals surface area contributed by atoms with Gasteiger partial charge in [0.1, 0.15) is 12.4 Å². The number of rotatable bonds is 4. The van der Waals surface area contributed by atoms with Gasteiger partial charge >= 0.3 is 0 Å². The molecule has 0 radical (unpaired) electrons. The Balaban J connectivity index is 1.83. The van der Waals surface area contributed by atoms with E-state index < -0.39 is 0 Å². The molecule has 2 aromatic carbocycles. The molecule has 0 bridgehead atoms. The van der Waals surface area contributed by atoms with E-state index in [4.69, 9.17) is 10.5 Å². The number of hydrogen-bond acceptors (Lipinski definition) is 3. The average Bonchev–Trinajstić information content (AvgIpc) is 2.53. The van der Waals surface area contributed by atoms with Gasteiger partial charge in [-0.05, 0) is 29.1 Å². The minimum Gasteiger partial charge on any atom is -0.488 e. The fourth-order valence-corrected chi connectivity index (χ4v) is 2.21. The molecule has 0 aliphatic rings. The van der Waals surface area contributed by atoms with Crippen LogP contribution in [0.15, 0.2) is 60.8 Å². The molecule has 0 aliphatic heterocycles. The molecule has 3 rings (SSSR count). The minimum absolute atomic E-state index is 0.447. The Morgan fingerprint density at radius 1 is 1.00 bits per heavy atom. The summed E-state index contributed by atoms with van der Waals surface area (Å²) >= 11 is 0. The zero-order valence-corrected chi connectivity index (χ0v) is 11.1. The lowest BCUT2D eigenvalue weighted by Gasteiger charge is -2.09. The molecular weight excluding hydrogens is 248 g/mol. The highest BCUT2D eigenvalue weighted by atomic mass is 16.5. The van der Waals surface area contributed by atoms with Crippen LogP contribution >= 0.6 is 0 Å². The highest BCUT2D eigenvalue weighted by Gasteiger charge is 2.02. The van der Waals surface area contributed by atoms with Gasteiger partial charge in [0.15, 0.2) is 0 Å². The average molecular weight is 264 g/mol. The number of aromatic nitrogens is 1. The van der Waals surface area contributed by atoms with E-state index >= 15 is 0 Å². The van der Waals surface area contributed by atoms with Crippen LogP contribution in [0, 0.1) is 0 Å². The van der Waals surface area contributed by atoms with Crippen LogP contribution in [0.25, 0.3) is 10.8 Å². The summed E-state index contributed by atoms with van der Waals surface area (Å²) in [5.74, 6) is 0.897. The van der Waals surface area contributed by atoms with Crippen molar-refractivity contribution in [2.45, 2.75) is 13.2 Å². The molecule has 0 amide bonds. The SMILES string of the molecule is NCc1cc(COc2cccc3ccccc23)ccn1. The summed E-state index contributed by atoms with van der Waals surface area (Å²) < 4.78 is 5.94. The molecule has 0 atom stereocenters. The van der Waals surface area contributed by atoms with Gasteiger partial charge in [0, 0.05) is 18.1 Å². The molecule has 3 heteroatoms. The second-order valence-corrected chi connectivity index (χ2v) is 4.63. The molecule has 3 nitrogen and oxygen atoms in total. The van der Waals surface area contributed by atoms with Crippen molar-refractivity contribution in [2.24, 2.45) is 5.73 Å². The van der Waals surface area contributed by atoms with Crippen LogP contribution in [0.3, 0.4) is 0 Å². The normalized spacial score (nSPS) is 10.7. The molecule has 0 unspecified atom stereocenters. The van der Waals surface area contributed by atoms with Crippen molar-refractivity contribution < 1.29 is 4.74 Å². The molecule has 0 saturated carbocycles. The van der Waals surface area contributed by atoms with Gasteiger partial charge < -0.3 is 10.5 Å². The quantitative estimate of drug-likeness (QED) is 0.786. The molecule has 0 saturated heterocycles.